The molecule has 2 aromatic rings. The largest absolute Gasteiger partial charge is 0.395 e. The van der Waals surface area contributed by atoms with Crippen LogP contribution in [-0.4, -0.2) is 41.2 Å². The van der Waals surface area contributed by atoms with Crippen molar-refractivity contribution in [3.8, 4) is 11.3 Å². The molecule has 1 aromatic heterocycles. The normalized spacial score (nSPS) is 19.4. The lowest BCUT2D eigenvalue weighted by molar-refractivity contribution is 0.164. The van der Waals surface area contributed by atoms with Gasteiger partial charge >= 0.3 is 0 Å². The molecule has 0 atom stereocenters. The van der Waals surface area contributed by atoms with Gasteiger partial charge in [-0.05, 0) is 68.8 Å². The number of thiazole rings is 1. The Morgan fingerprint density at radius 2 is 1.92 bits per heavy atom. The number of hydrogen-bond acceptors (Lipinski definition) is 4. The highest BCUT2D eigenvalue weighted by Crippen LogP contribution is 2.34. The molecular weight excluding hydrogens is 316 g/mol. The lowest BCUT2D eigenvalue weighted by Gasteiger charge is -2.30. The molecule has 4 heteroatoms. The molecule has 4 rings (SSSR count). The van der Waals surface area contributed by atoms with E-state index in [1.165, 1.54) is 47.4 Å². The van der Waals surface area contributed by atoms with Gasteiger partial charge in [-0.25, -0.2) is 4.98 Å². The SMILES string of the molecule is OCCN1CCC(c2nc(-c3ccc4c(c3)CCCC4)cs2)CC1. The molecule has 2 heterocycles. The van der Waals surface area contributed by atoms with Crippen LogP contribution in [-0.2, 0) is 12.8 Å². The number of aliphatic hydroxyl groups excluding tert-OH is 1. The molecule has 3 nitrogen and oxygen atoms in total. The lowest BCUT2D eigenvalue weighted by Crippen LogP contribution is -2.34. The third-order valence-corrected chi connectivity index (χ3v) is 6.53. The average molecular weight is 343 g/mol. The first kappa shape index (κ1) is 16.2. The molecule has 0 radical (unpaired) electrons. The van der Waals surface area contributed by atoms with Crippen LogP contribution in [0.5, 0.6) is 0 Å². The van der Waals surface area contributed by atoms with Crippen LogP contribution in [0, 0.1) is 0 Å². The van der Waals surface area contributed by atoms with E-state index in [4.69, 9.17) is 10.1 Å². The predicted molar refractivity (Wildman–Crippen MR) is 99.7 cm³/mol. The molecule has 0 unspecified atom stereocenters. The molecule has 24 heavy (non-hydrogen) atoms. The summed E-state index contributed by atoms with van der Waals surface area (Å²) in [7, 11) is 0. The first-order valence-electron chi connectivity index (χ1n) is 9.24. The quantitative estimate of drug-likeness (QED) is 0.916. The van der Waals surface area contributed by atoms with Crippen molar-refractivity contribution in [2.45, 2.75) is 44.4 Å². The van der Waals surface area contributed by atoms with E-state index in [1.54, 1.807) is 0 Å². The van der Waals surface area contributed by atoms with Gasteiger partial charge in [-0.3, -0.25) is 0 Å². The Kier molecular flexibility index (Phi) is 4.97. The molecule has 1 fully saturated rings. The van der Waals surface area contributed by atoms with E-state index in [9.17, 15) is 0 Å². The summed E-state index contributed by atoms with van der Waals surface area (Å²) in [5.74, 6) is 0.594. The standard InChI is InChI=1S/C20H26N2OS/c23-12-11-22-9-7-16(8-10-22)20-21-19(14-24-20)18-6-5-15-3-1-2-4-17(15)13-18/h5-6,13-14,16,23H,1-4,7-12H2. The first-order valence-corrected chi connectivity index (χ1v) is 10.1. The number of rotatable bonds is 4. The second-order valence-corrected chi connectivity index (χ2v) is 7.99. The Bertz CT molecular complexity index is 689. The van der Waals surface area contributed by atoms with Gasteiger partial charge in [0.2, 0.25) is 0 Å². The fourth-order valence-corrected chi connectivity index (χ4v) is 5.05. The smallest absolute Gasteiger partial charge is 0.0964 e. The third kappa shape index (κ3) is 3.41. The van der Waals surface area contributed by atoms with Gasteiger partial charge in [0.1, 0.15) is 0 Å². The van der Waals surface area contributed by atoms with Crippen molar-refractivity contribution >= 4 is 11.3 Å². The Morgan fingerprint density at radius 3 is 2.71 bits per heavy atom. The van der Waals surface area contributed by atoms with Crippen LogP contribution in [0.3, 0.4) is 0 Å². The Balaban J connectivity index is 1.47. The maximum Gasteiger partial charge on any atom is 0.0964 e. The summed E-state index contributed by atoms with van der Waals surface area (Å²) in [5, 5.41) is 12.6. The predicted octanol–water partition coefficient (Wildman–Crippen LogP) is 3.86. The molecule has 1 N–H and O–H groups in total. The van der Waals surface area contributed by atoms with Crippen LogP contribution in [0.2, 0.25) is 0 Å². The number of piperidine rings is 1. The zero-order chi connectivity index (χ0) is 16.4. The monoisotopic (exact) mass is 342 g/mol. The van der Waals surface area contributed by atoms with Gasteiger partial charge in [-0.15, -0.1) is 11.3 Å². The summed E-state index contributed by atoms with van der Waals surface area (Å²) in [6.07, 6.45) is 7.45. The molecule has 1 saturated heterocycles. The van der Waals surface area contributed by atoms with E-state index in [2.05, 4.69) is 28.5 Å². The number of aryl methyl sites for hydroxylation is 2. The summed E-state index contributed by atoms with van der Waals surface area (Å²) < 4.78 is 0. The zero-order valence-corrected chi connectivity index (χ0v) is 15.0. The first-order chi connectivity index (χ1) is 11.8. The van der Waals surface area contributed by atoms with Gasteiger partial charge in [0.05, 0.1) is 17.3 Å². The highest BCUT2D eigenvalue weighted by Gasteiger charge is 2.23. The maximum absolute atomic E-state index is 9.06. The summed E-state index contributed by atoms with van der Waals surface area (Å²) >= 11 is 1.82. The van der Waals surface area contributed by atoms with E-state index in [1.807, 2.05) is 11.3 Å². The Labute approximate surface area is 148 Å². The number of benzene rings is 1. The molecule has 0 bridgehead atoms. The number of likely N-dealkylation sites (tertiary alicyclic amines) is 1. The van der Waals surface area contributed by atoms with Crippen molar-refractivity contribution in [1.29, 1.82) is 0 Å². The van der Waals surface area contributed by atoms with Crippen LogP contribution >= 0.6 is 11.3 Å². The van der Waals surface area contributed by atoms with E-state index in [-0.39, 0.29) is 6.61 Å². The summed E-state index contributed by atoms with van der Waals surface area (Å²) in [4.78, 5) is 7.33. The molecule has 0 spiro atoms. The van der Waals surface area contributed by atoms with Crippen molar-refractivity contribution in [1.82, 2.24) is 9.88 Å². The van der Waals surface area contributed by atoms with Gasteiger partial charge in [0.25, 0.3) is 0 Å². The van der Waals surface area contributed by atoms with Gasteiger partial charge in [0, 0.05) is 23.4 Å². The van der Waals surface area contributed by atoms with Crippen molar-refractivity contribution in [2.24, 2.45) is 0 Å². The molecular formula is C20H26N2OS. The van der Waals surface area contributed by atoms with E-state index in [0.717, 1.165) is 38.2 Å². The molecule has 128 valence electrons. The van der Waals surface area contributed by atoms with Crippen LogP contribution in [0.15, 0.2) is 23.6 Å². The fraction of sp³-hybridized carbons (Fsp3) is 0.550. The van der Waals surface area contributed by atoms with Gasteiger partial charge < -0.3 is 10.0 Å². The maximum atomic E-state index is 9.06. The van der Waals surface area contributed by atoms with E-state index in [0.29, 0.717) is 5.92 Å². The Morgan fingerprint density at radius 1 is 1.12 bits per heavy atom. The zero-order valence-electron chi connectivity index (χ0n) is 14.2. The fourth-order valence-electron chi connectivity index (χ4n) is 4.05. The molecule has 2 aliphatic rings. The minimum absolute atomic E-state index is 0.268. The van der Waals surface area contributed by atoms with Crippen molar-refractivity contribution in [2.75, 3.05) is 26.2 Å². The molecule has 1 aromatic carbocycles. The van der Waals surface area contributed by atoms with Crippen molar-refractivity contribution in [3.05, 3.63) is 39.7 Å². The Hall–Kier alpha value is -1.23. The number of β-amino-alcohol motifs (C(OH)–C–C–N with tert-alkyl or cyclic N) is 1. The highest BCUT2D eigenvalue weighted by atomic mass is 32.1. The second-order valence-electron chi connectivity index (χ2n) is 7.10. The van der Waals surface area contributed by atoms with Crippen LogP contribution in [0.1, 0.15) is 47.7 Å². The number of nitrogens with zero attached hydrogens (tertiary/aromatic N) is 2. The number of aliphatic hydroxyl groups is 1. The van der Waals surface area contributed by atoms with Crippen LogP contribution in [0.4, 0.5) is 0 Å². The average Bonchev–Trinajstić information content (AvgIpc) is 3.12. The third-order valence-electron chi connectivity index (χ3n) is 5.52. The molecule has 0 saturated carbocycles. The second kappa shape index (κ2) is 7.34. The topological polar surface area (TPSA) is 36.4 Å². The summed E-state index contributed by atoms with van der Waals surface area (Å²) in [5.41, 5.74) is 5.51. The van der Waals surface area contributed by atoms with Gasteiger partial charge in [-0.2, -0.15) is 0 Å². The highest BCUT2D eigenvalue weighted by molar-refractivity contribution is 7.10. The summed E-state index contributed by atoms with van der Waals surface area (Å²) in [6.45, 7) is 3.24. The van der Waals surface area contributed by atoms with Crippen molar-refractivity contribution < 1.29 is 5.11 Å². The number of hydrogen-bond donors (Lipinski definition) is 1. The minimum atomic E-state index is 0.268. The molecule has 1 aliphatic heterocycles. The van der Waals surface area contributed by atoms with Gasteiger partial charge in [-0.1, -0.05) is 12.1 Å². The summed E-state index contributed by atoms with van der Waals surface area (Å²) in [6, 6.07) is 6.94. The van der Waals surface area contributed by atoms with Crippen LogP contribution in [0.25, 0.3) is 11.3 Å². The number of fused-ring (bicyclic) bond motifs is 1. The minimum Gasteiger partial charge on any atom is -0.395 e. The lowest BCUT2D eigenvalue weighted by atomic mass is 9.90. The van der Waals surface area contributed by atoms with E-state index >= 15 is 0 Å². The van der Waals surface area contributed by atoms with Crippen LogP contribution < -0.4 is 0 Å². The van der Waals surface area contributed by atoms with Gasteiger partial charge in [0.15, 0.2) is 0 Å². The molecule has 1 aliphatic carbocycles. The number of aromatic nitrogens is 1. The van der Waals surface area contributed by atoms with E-state index < -0.39 is 0 Å². The molecule has 0 amide bonds. The van der Waals surface area contributed by atoms with Crippen molar-refractivity contribution in [3.63, 3.8) is 0 Å².